The Morgan fingerprint density at radius 2 is 2.15 bits per heavy atom. The summed E-state index contributed by atoms with van der Waals surface area (Å²) in [4.78, 5) is 0. The Kier molecular flexibility index (Phi) is 3.33. The third-order valence-electron chi connectivity index (χ3n) is 3.15. The van der Waals surface area contributed by atoms with Crippen LogP contribution in [0.25, 0.3) is 0 Å². The molecule has 0 amide bonds. The van der Waals surface area contributed by atoms with Crippen LogP contribution in [0.3, 0.4) is 0 Å². The zero-order valence-electron chi connectivity index (χ0n) is 8.66. The summed E-state index contributed by atoms with van der Waals surface area (Å²) >= 11 is 0. The van der Waals surface area contributed by atoms with E-state index in [4.69, 9.17) is 9.84 Å². The number of rotatable bonds is 3. The summed E-state index contributed by atoms with van der Waals surface area (Å²) in [6.45, 7) is 5.81. The first-order valence-corrected chi connectivity index (χ1v) is 4.96. The van der Waals surface area contributed by atoms with E-state index in [1.165, 1.54) is 0 Å². The predicted molar refractivity (Wildman–Crippen MR) is 50.4 cm³/mol. The molecule has 4 unspecified atom stereocenters. The SMILES string of the molecule is CC(CO)C1CCC(C)(C(C)O)O1. The van der Waals surface area contributed by atoms with Gasteiger partial charge in [0, 0.05) is 12.5 Å². The van der Waals surface area contributed by atoms with Crippen LogP contribution in [0.4, 0.5) is 0 Å². The first-order chi connectivity index (χ1) is 5.99. The van der Waals surface area contributed by atoms with E-state index in [1.54, 1.807) is 6.92 Å². The van der Waals surface area contributed by atoms with Gasteiger partial charge in [-0.2, -0.15) is 0 Å². The molecule has 3 heteroatoms. The van der Waals surface area contributed by atoms with E-state index in [0.29, 0.717) is 0 Å². The number of ether oxygens (including phenoxy) is 1. The van der Waals surface area contributed by atoms with Crippen LogP contribution < -0.4 is 0 Å². The Labute approximate surface area is 79.7 Å². The molecule has 1 aliphatic rings. The standard InChI is InChI=1S/C10H20O3/c1-7(6-11)9-4-5-10(3,13-9)8(2)12/h7-9,11-12H,4-6H2,1-3H3. The summed E-state index contributed by atoms with van der Waals surface area (Å²) in [5, 5.41) is 18.5. The van der Waals surface area contributed by atoms with E-state index in [-0.39, 0.29) is 18.6 Å². The summed E-state index contributed by atoms with van der Waals surface area (Å²) in [6.07, 6.45) is 1.47. The molecule has 0 saturated carbocycles. The highest BCUT2D eigenvalue weighted by molar-refractivity contribution is 4.90. The smallest absolute Gasteiger partial charge is 0.0914 e. The Morgan fingerprint density at radius 1 is 1.54 bits per heavy atom. The summed E-state index contributed by atoms with van der Waals surface area (Å²) < 4.78 is 5.75. The van der Waals surface area contributed by atoms with Crippen molar-refractivity contribution in [3.05, 3.63) is 0 Å². The maximum Gasteiger partial charge on any atom is 0.0914 e. The molecule has 1 fully saturated rings. The van der Waals surface area contributed by atoms with Gasteiger partial charge in [-0.1, -0.05) is 6.92 Å². The monoisotopic (exact) mass is 188 g/mol. The highest BCUT2D eigenvalue weighted by Gasteiger charge is 2.41. The molecule has 3 nitrogen and oxygen atoms in total. The lowest BCUT2D eigenvalue weighted by atomic mass is 9.95. The summed E-state index contributed by atoms with van der Waals surface area (Å²) in [5.41, 5.74) is -0.409. The third kappa shape index (κ3) is 2.22. The van der Waals surface area contributed by atoms with Crippen LogP contribution >= 0.6 is 0 Å². The highest BCUT2D eigenvalue weighted by atomic mass is 16.5. The average Bonchev–Trinajstić information content (AvgIpc) is 2.48. The van der Waals surface area contributed by atoms with Crippen molar-refractivity contribution in [3.63, 3.8) is 0 Å². The minimum Gasteiger partial charge on any atom is -0.396 e. The lowest BCUT2D eigenvalue weighted by molar-refractivity contribution is -0.113. The highest BCUT2D eigenvalue weighted by Crippen LogP contribution is 2.35. The maximum atomic E-state index is 9.50. The van der Waals surface area contributed by atoms with Gasteiger partial charge in [0.25, 0.3) is 0 Å². The molecular formula is C10H20O3. The van der Waals surface area contributed by atoms with E-state index in [9.17, 15) is 5.11 Å². The molecule has 0 aromatic carbocycles. The molecule has 0 aliphatic carbocycles. The Morgan fingerprint density at radius 3 is 2.54 bits per heavy atom. The zero-order chi connectivity index (χ0) is 10.1. The van der Waals surface area contributed by atoms with Crippen LogP contribution in [0.1, 0.15) is 33.6 Å². The van der Waals surface area contributed by atoms with E-state index in [2.05, 4.69) is 0 Å². The first-order valence-electron chi connectivity index (χ1n) is 4.96. The van der Waals surface area contributed by atoms with Crippen molar-refractivity contribution >= 4 is 0 Å². The predicted octanol–water partition coefficient (Wildman–Crippen LogP) is 0.933. The summed E-state index contributed by atoms with van der Waals surface area (Å²) in [7, 11) is 0. The minimum atomic E-state index is -0.441. The van der Waals surface area contributed by atoms with Crippen molar-refractivity contribution in [2.45, 2.75) is 51.4 Å². The second kappa shape index (κ2) is 3.95. The van der Waals surface area contributed by atoms with Crippen molar-refractivity contribution in [1.29, 1.82) is 0 Å². The molecule has 1 heterocycles. The van der Waals surface area contributed by atoms with E-state index < -0.39 is 11.7 Å². The van der Waals surface area contributed by atoms with Crippen molar-refractivity contribution in [2.75, 3.05) is 6.61 Å². The first kappa shape index (κ1) is 11.0. The van der Waals surface area contributed by atoms with Crippen LogP contribution in [0.5, 0.6) is 0 Å². The fourth-order valence-electron chi connectivity index (χ4n) is 1.72. The summed E-state index contributed by atoms with van der Waals surface area (Å²) in [6, 6.07) is 0. The zero-order valence-corrected chi connectivity index (χ0v) is 8.66. The van der Waals surface area contributed by atoms with Gasteiger partial charge in [0.1, 0.15) is 0 Å². The molecule has 0 spiro atoms. The van der Waals surface area contributed by atoms with Crippen molar-refractivity contribution in [3.8, 4) is 0 Å². The van der Waals surface area contributed by atoms with Crippen LogP contribution in [-0.2, 0) is 4.74 Å². The largest absolute Gasteiger partial charge is 0.396 e. The molecular weight excluding hydrogens is 168 g/mol. The van der Waals surface area contributed by atoms with Crippen molar-refractivity contribution in [1.82, 2.24) is 0 Å². The van der Waals surface area contributed by atoms with Crippen LogP contribution in [0.15, 0.2) is 0 Å². The lowest BCUT2D eigenvalue weighted by Crippen LogP contribution is -2.38. The van der Waals surface area contributed by atoms with Crippen molar-refractivity contribution < 1.29 is 14.9 Å². The third-order valence-corrected chi connectivity index (χ3v) is 3.15. The summed E-state index contributed by atoms with van der Waals surface area (Å²) in [5.74, 6) is 0.167. The van der Waals surface area contributed by atoms with Gasteiger partial charge in [0.2, 0.25) is 0 Å². The van der Waals surface area contributed by atoms with Gasteiger partial charge in [-0.15, -0.1) is 0 Å². The minimum absolute atomic E-state index is 0.101. The average molecular weight is 188 g/mol. The molecule has 2 N–H and O–H groups in total. The van der Waals surface area contributed by atoms with E-state index in [0.717, 1.165) is 12.8 Å². The van der Waals surface area contributed by atoms with Gasteiger partial charge in [-0.3, -0.25) is 0 Å². The Balaban J connectivity index is 2.53. The van der Waals surface area contributed by atoms with Crippen LogP contribution in [0, 0.1) is 5.92 Å². The van der Waals surface area contributed by atoms with Crippen molar-refractivity contribution in [2.24, 2.45) is 5.92 Å². The molecule has 0 aromatic heterocycles. The number of hydrogen-bond acceptors (Lipinski definition) is 3. The fourth-order valence-corrected chi connectivity index (χ4v) is 1.72. The fraction of sp³-hybridized carbons (Fsp3) is 1.00. The molecule has 4 atom stereocenters. The molecule has 78 valence electrons. The normalized spacial score (nSPS) is 39.0. The molecule has 0 bridgehead atoms. The van der Waals surface area contributed by atoms with Crippen LogP contribution in [0.2, 0.25) is 0 Å². The molecule has 1 saturated heterocycles. The molecule has 0 aromatic rings. The number of aliphatic hydroxyl groups excluding tert-OH is 2. The van der Waals surface area contributed by atoms with Gasteiger partial charge >= 0.3 is 0 Å². The Bertz CT molecular complexity index is 170. The van der Waals surface area contributed by atoms with E-state index >= 15 is 0 Å². The van der Waals surface area contributed by atoms with Gasteiger partial charge < -0.3 is 14.9 Å². The second-order valence-electron chi connectivity index (χ2n) is 4.34. The van der Waals surface area contributed by atoms with E-state index in [1.807, 2.05) is 13.8 Å². The van der Waals surface area contributed by atoms with Crippen LogP contribution in [-0.4, -0.2) is 34.6 Å². The quantitative estimate of drug-likeness (QED) is 0.693. The van der Waals surface area contributed by atoms with Gasteiger partial charge in [0.15, 0.2) is 0 Å². The topological polar surface area (TPSA) is 49.7 Å². The molecule has 13 heavy (non-hydrogen) atoms. The second-order valence-corrected chi connectivity index (χ2v) is 4.34. The number of aliphatic hydroxyl groups is 2. The Hall–Kier alpha value is -0.120. The van der Waals surface area contributed by atoms with Gasteiger partial charge in [-0.25, -0.2) is 0 Å². The van der Waals surface area contributed by atoms with Gasteiger partial charge in [0.05, 0.1) is 17.8 Å². The molecule has 0 radical (unpaired) electrons. The molecule has 1 aliphatic heterocycles. The lowest BCUT2D eigenvalue weighted by Gasteiger charge is -2.29. The van der Waals surface area contributed by atoms with Gasteiger partial charge in [-0.05, 0) is 26.7 Å². The number of hydrogen-bond donors (Lipinski definition) is 2. The molecule has 1 rings (SSSR count). The maximum absolute atomic E-state index is 9.50.